The van der Waals surface area contributed by atoms with Crippen molar-refractivity contribution in [1.82, 2.24) is 25.0 Å². The molecule has 6 N–H and O–H groups in total. The van der Waals surface area contributed by atoms with Gasteiger partial charge in [-0.25, -0.2) is 23.4 Å². The molecule has 16 nitrogen and oxygen atoms in total. The summed E-state index contributed by atoms with van der Waals surface area (Å²) >= 11 is 1.48. The summed E-state index contributed by atoms with van der Waals surface area (Å²) in [5, 5.41) is 78.3. The van der Waals surface area contributed by atoms with Gasteiger partial charge in [0.2, 0.25) is 0 Å². The second kappa shape index (κ2) is 15.3. The second-order valence-electron chi connectivity index (χ2n) is 10.6. The fourth-order valence-corrected chi connectivity index (χ4v) is 5.56. The van der Waals surface area contributed by atoms with Crippen LogP contribution >= 0.6 is 11.8 Å². The van der Waals surface area contributed by atoms with Crippen molar-refractivity contribution in [2.24, 2.45) is 0 Å². The van der Waals surface area contributed by atoms with Crippen molar-refractivity contribution in [3.8, 4) is 0 Å². The zero-order chi connectivity index (χ0) is 33.7. The van der Waals surface area contributed by atoms with Crippen molar-refractivity contribution in [1.29, 1.82) is 0 Å². The summed E-state index contributed by atoms with van der Waals surface area (Å²) in [6, 6.07) is 3.26. The highest BCUT2D eigenvalue weighted by Crippen LogP contribution is 2.44. The molecule has 8 atom stereocenters. The number of nitrogens with one attached hydrogen (secondary N) is 1. The van der Waals surface area contributed by atoms with Crippen molar-refractivity contribution in [2.75, 3.05) is 24.3 Å². The van der Waals surface area contributed by atoms with E-state index in [0.29, 0.717) is 27.7 Å². The average molecular weight is 671 g/mol. The highest BCUT2D eigenvalue weighted by atomic mass is 32.2. The third kappa shape index (κ3) is 8.03. The topological polar surface area (TPSA) is 259 Å². The van der Waals surface area contributed by atoms with Crippen LogP contribution in [0, 0.1) is 11.6 Å². The first-order valence-corrected chi connectivity index (χ1v) is 15.2. The third-order valence-electron chi connectivity index (χ3n) is 7.34. The molecule has 1 aromatic carbocycles. The lowest BCUT2D eigenvalue weighted by Crippen LogP contribution is -2.51. The maximum absolute atomic E-state index is 13.7. The Balaban J connectivity index is 0.000000416. The predicted octanol–water partition coefficient (Wildman–Crippen LogP) is -2.78. The van der Waals surface area contributed by atoms with Gasteiger partial charge in [0.15, 0.2) is 33.8 Å². The van der Waals surface area contributed by atoms with Crippen LogP contribution < -0.4 is 15.5 Å². The lowest BCUT2D eigenvalue weighted by atomic mass is 10.1. The molecule has 0 bridgehead atoms. The average Bonchev–Trinajstić information content (AvgIpc) is 3.57. The Kier molecular flexibility index (Phi) is 11.8. The number of nitrogens with zero attached hydrogens (tertiary/aromatic N) is 5. The van der Waals surface area contributed by atoms with Crippen LogP contribution in [0.25, 0.3) is 11.2 Å². The predicted molar refractivity (Wildman–Crippen MR) is 150 cm³/mol. The van der Waals surface area contributed by atoms with Gasteiger partial charge < -0.3 is 55.4 Å². The molecule has 3 aromatic rings. The van der Waals surface area contributed by atoms with Gasteiger partial charge in [0.05, 0.1) is 37.3 Å². The number of hydrogen-bond acceptors (Lipinski definition) is 16. The number of rotatable bonds is 13. The third-order valence-corrected chi connectivity index (χ3v) is 8.39. The SMILES string of the molecule is CCCSc1nc(N[C@@H]2C[C@H]2c2ccc(F)c(F)c2)c2nnn([C@@H]3C[C@H](OCCO)[C@@H](O)[C@H]3O)c2n1.O=C([O-])[C@@H](O)[C@H](O)C(=O)[O-]. The Labute approximate surface area is 264 Å². The molecular weight excluding hydrogens is 638 g/mol. The molecular formula is C27H32F2N6O10S-2. The summed E-state index contributed by atoms with van der Waals surface area (Å²) in [6.45, 7) is 1.91. The zero-order valence-electron chi connectivity index (χ0n) is 24.3. The number of fused-ring (bicyclic) bond motifs is 1. The van der Waals surface area contributed by atoms with Crippen LogP contribution in [-0.4, -0.2) is 118 Å². The van der Waals surface area contributed by atoms with Crippen molar-refractivity contribution < 1.29 is 58.9 Å². The summed E-state index contributed by atoms with van der Waals surface area (Å²) in [4.78, 5) is 28.5. The molecule has 2 heterocycles. The van der Waals surface area contributed by atoms with E-state index in [4.69, 9.17) is 20.1 Å². The minimum absolute atomic E-state index is 0.00291. The van der Waals surface area contributed by atoms with Crippen LogP contribution in [0.4, 0.5) is 14.6 Å². The van der Waals surface area contributed by atoms with Gasteiger partial charge in [0, 0.05) is 24.1 Å². The quantitative estimate of drug-likeness (QED) is 0.0794. The molecule has 2 fully saturated rings. The number of aliphatic hydroxyl groups excluding tert-OH is 5. The van der Waals surface area contributed by atoms with Crippen LogP contribution in [-0.2, 0) is 14.3 Å². The monoisotopic (exact) mass is 670 g/mol. The van der Waals surface area contributed by atoms with E-state index in [0.717, 1.165) is 24.7 Å². The Morgan fingerprint density at radius 1 is 1.11 bits per heavy atom. The first-order chi connectivity index (χ1) is 21.9. The minimum Gasteiger partial charge on any atom is -0.547 e. The lowest BCUT2D eigenvalue weighted by molar-refractivity contribution is -0.333. The van der Waals surface area contributed by atoms with Crippen LogP contribution in [0.5, 0.6) is 0 Å². The number of carboxylic acid groups (broad SMARTS) is 2. The Hall–Kier alpha value is -3.59. The van der Waals surface area contributed by atoms with Crippen molar-refractivity contribution >= 4 is 40.7 Å². The summed E-state index contributed by atoms with van der Waals surface area (Å²) in [7, 11) is 0. The molecule has 0 amide bonds. The van der Waals surface area contributed by atoms with Gasteiger partial charge in [0.1, 0.15) is 24.4 Å². The molecule has 0 radical (unpaired) electrons. The number of hydrogen-bond donors (Lipinski definition) is 6. The summed E-state index contributed by atoms with van der Waals surface area (Å²) in [5.41, 5.74) is 1.53. The minimum atomic E-state index is -2.44. The molecule has 252 valence electrons. The molecule has 2 aromatic heterocycles. The van der Waals surface area contributed by atoms with Gasteiger partial charge in [-0.2, -0.15) is 0 Å². The fraction of sp³-hybridized carbons (Fsp3) is 0.556. The number of halogens is 2. The van der Waals surface area contributed by atoms with Crippen LogP contribution in [0.3, 0.4) is 0 Å². The van der Waals surface area contributed by atoms with E-state index >= 15 is 0 Å². The zero-order valence-corrected chi connectivity index (χ0v) is 25.1. The van der Waals surface area contributed by atoms with E-state index in [9.17, 15) is 38.8 Å². The number of carboxylic acids is 2. The van der Waals surface area contributed by atoms with Gasteiger partial charge in [0.25, 0.3) is 0 Å². The highest BCUT2D eigenvalue weighted by molar-refractivity contribution is 7.99. The summed E-state index contributed by atoms with van der Waals surface area (Å²) < 4.78 is 34.0. The van der Waals surface area contributed by atoms with Crippen molar-refractivity contribution in [3.05, 3.63) is 35.4 Å². The van der Waals surface area contributed by atoms with Gasteiger partial charge in [-0.1, -0.05) is 30.0 Å². The molecule has 0 spiro atoms. The van der Waals surface area contributed by atoms with Gasteiger partial charge in [-0.05, 0) is 30.5 Å². The van der Waals surface area contributed by atoms with E-state index in [1.54, 1.807) is 6.07 Å². The van der Waals surface area contributed by atoms with Gasteiger partial charge in [-0.15, -0.1) is 5.10 Å². The molecule has 2 aliphatic carbocycles. The Bertz CT molecular complexity index is 1520. The Morgan fingerprint density at radius 2 is 1.80 bits per heavy atom. The molecule has 0 aliphatic heterocycles. The van der Waals surface area contributed by atoms with E-state index in [1.807, 2.05) is 0 Å². The maximum atomic E-state index is 13.7. The second-order valence-corrected chi connectivity index (χ2v) is 11.7. The number of anilines is 1. The van der Waals surface area contributed by atoms with Crippen LogP contribution in [0.2, 0.25) is 0 Å². The number of aliphatic hydroxyl groups is 5. The van der Waals surface area contributed by atoms with Gasteiger partial charge in [-0.3, -0.25) is 0 Å². The molecule has 46 heavy (non-hydrogen) atoms. The molecule has 5 rings (SSSR count). The number of benzene rings is 1. The van der Waals surface area contributed by atoms with Gasteiger partial charge >= 0.3 is 0 Å². The first-order valence-electron chi connectivity index (χ1n) is 14.2. The number of aromatic nitrogens is 5. The summed E-state index contributed by atoms with van der Waals surface area (Å²) in [6.07, 6.45) is -5.92. The number of ether oxygens (including phenoxy) is 1. The van der Waals surface area contributed by atoms with E-state index in [1.165, 1.54) is 22.5 Å². The van der Waals surface area contributed by atoms with Crippen LogP contribution in [0.1, 0.15) is 43.7 Å². The number of thioether (sulfide) groups is 1. The molecule has 0 unspecified atom stereocenters. The lowest BCUT2D eigenvalue weighted by Gasteiger charge is -2.18. The first kappa shape index (κ1) is 35.3. The molecule has 0 saturated heterocycles. The summed E-state index contributed by atoms with van der Waals surface area (Å²) in [5.74, 6) is -4.59. The van der Waals surface area contributed by atoms with Crippen LogP contribution in [0.15, 0.2) is 23.4 Å². The smallest absolute Gasteiger partial charge is 0.191 e. The maximum Gasteiger partial charge on any atom is 0.191 e. The van der Waals surface area contributed by atoms with E-state index < -0.39 is 60.1 Å². The number of carbonyl (C=O) groups is 2. The van der Waals surface area contributed by atoms with Crippen molar-refractivity contribution in [2.45, 2.75) is 79.9 Å². The van der Waals surface area contributed by atoms with E-state index in [-0.39, 0.29) is 31.6 Å². The van der Waals surface area contributed by atoms with E-state index in [2.05, 4.69) is 32.5 Å². The van der Waals surface area contributed by atoms with Crippen molar-refractivity contribution in [3.63, 3.8) is 0 Å². The molecule has 2 aliphatic rings. The molecule has 2 saturated carbocycles. The normalized spacial score (nSPS) is 25.0. The largest absolute Gasteiger partial charge is 0.547 e. The Morgan fingerprint density at radius 3 is 2.41 bits per heavy atom. The fourth-order valence-electron chi connectivity index (χ4n) is 4.87. The standard InChI is InChI=1S/C23H28F2N6O4S.C4H6O6/c1-2-7-36-23-27-21(26-15-9-12(15)11-3-4-13(24)14(25)8-11)18-22(28-23)31(30-29-18)16-10-17(35-6-5-32)20(34)19(16)33;5-1(3(7)8)2(6)4(9)10/h3-4,8,12,15-17,19-20,32-34H,2,5-7,9-10H2,1H3,(H,26,27,28);1-2,5-6H,(H,7,8)(H,9,10)/p-2/t12-,15+,16+,17-,19-,20+;1-,2-/m00/s1. The number of aliphatic carboxylic acids is 2. The highest BCUT2D eigenvalue weighted by Gasteiger charge is 2.45. The molecule has 19 heteroatoms. The number of carbonyl (C=O) groups excluding carboxylic acids is 2.